The number of nitrogen functional groups attached to an aromatic ring is 1. The summed E-state index contributed by atoms with van der Waals surface area (Å²) in [7, 11) is 3.24. The summed E-state index contributed by atoms with van der Waals surface area (Å²) < 4.78 is 12.3. The highest BCUT2D eigenvalue weighted by Gasteiger charge is 2.10. The average Bonchev–Trinajstić information content (AvgIpc) is 2.99. The first-order valence-corrected chi connectivity index (χ1v) is 7.02. The Morgan fingerprint density at radius 2 is 2.00 bits per heavy atom. The predicted molar refractivity (Wildman–Crippen MR) is 86.3 cm³/mol. The molecule has 0 unspecified atom stereocenters. The van der Waals surface area contributed by atoms with Crippen LogP contribution in [0.2, 0.25) is 0 Å². The number of aromatic nitrogens is 4. The quantitative estimate of drug-likeness (QED) is 0.775. The van der Waals surface area contributed by atoms with Crippen molar-refractivity contribution in [1.82, 2.24) is 19.7 Å². The van der Waals surface area contributed by atoms with Crippen LogP contribution in [-0.4, -0.2) is 34.0 Å². The molecule has 0 aliphatic rings. The normalized spacial score (nSPS) is 10.5. The number of methoxy groups -OCH3 is 2. The van der Waals surface area contributed by atoms with Crippen molar-refractivity contribution in [1.29, 1.82) is 0 Å². The zero-order chi connectivity index (χ0) is 16.2. The van der Waals surface area contributed by atoms with Crippen LogP contribution in [-0.2, 0) is 6.54 Å². The number of nitrogens with zero attached hydrogens (tertiary/aromatic N) is 4. The van der Waals surface area contributed by atoms with Crippen LogP contribution in [0, 0.1) is 0 Å². The van der Waals surface area contributed by atoms with Gasteiger partial charge in [-0.25, -0.2) is 14.6 Å². The minimum absolute atomic E-state index is 0.250. The standard InChI is InChI=1S/C16H17N5O2/c1-22-13-5-3-4-12(7-13)14-6-11(8-18-15(14)23-2)9-21-10-19-16(17)20-21/h3-8,10H,9H2,1-2H3,(H2,17,20). The molecule has 0 aliphatic carbocycles. The van der Waals surface area contributed by atoms with E-state index in [1.165, 1.54) is 0 Å². The summed E-state index contributed by atoms with van der Waals surface area (Å²) in [6.07, 6.45) is 3.34. The Morgan fingerprint density at radius 3 is 2.70 bits per heavy atom. The molecule has 7 nitrogen and oxygen atoms in total. The van der Waals surface area contributed by atoms with E-state index in [-0.39, 0.29) is 5.95 Å². The Balaban J connectivity index is 1.98. The summed E-state index contributed by atoms with van der Waals surface area (Å²) in [5.41, 5.74) is 8.36. The second kappa shape index (κ2) is 6.35. The fraction of sp³-hybridized carbons (Fsp3) is 0.188. The molecule has 0 atom stereocenters. The van der Waals surface area contributed by atoms with Crippen molar-refractivity contribution in [2.75, 3.05) is 20.0 Å². The van der Waals surface area contributed by atoms with E-state index >= 15 is 0 Å². The zero-order valence-electron chi connectivity index (χ0n) is 12.9. The Hall–Kier alpha value is -3.09. The fourth-order valence-electron chi connectivity index (χ4n) is 2.31. The molecular formula is C16H17N5O2. The van der Waals surface area contributed by atoms with Crippen molar-refractivity contribution in [3.63, 3.8) is 0 Å². The second-order valence-corrected chi connectivity index (χ2v) is 4.93. The van der Waals surface area contributed by atoms with Crippen molar-refractivity contribution < 1.29 is 9.47 Å². The molecule has 1 aromatic carbocycles. The molecule has 0 bridgehead atoms. The van der Waals surface area contributed by atoms with Crippen molar-refractivity contribution in [2.24, 2.45) is 0 Å². The number of anilines is 1. The molecule has 2 N–H and O–H groups in total. The lowest BCUT2D eigenvalue weighted by atomic mass is 10.0. The molecule has 0 saturated heterocycles. The molecule has 23 heavy (non-hydrogen) atoms. The maximum atomic E-state index is 5.54. The third-order valence-corrected chi connectivity index (χ3v) is 3.38. The number of hydrogen-bond donors (Lipinski definition) is 1. The largest absolute Gasteiger partial charge is 0.497 e. The van der Waals surface area contributed by atoms with E-state index in [9.17, 15) is 0 Å². The van der Waals surface area contributed by atoms with Crippen LogP contribution in [0.15, 0.2) is 42.9 Å². The van der Waals surface area contributed by atoms with E-state index in [1.807, 2.05) is 30.3 Å². The first-order valence-electron chi connectivity index (χ1n) is 7.02. The molecule has 0 saturated carbocycles. The monoisotopic (exact) mass is 311 g/mol. The molecule has 3 aromatic rings. The first kappa shape index (κ1) is 14.8. The van der Waals surface area contributed by atoms with Gasteiger partial charge in [0.15, 0.2) is 0 Å². The van der Waals surface area contributed by atoms with Gasteiger partial charge in [0.05, 0.1) is 20.8 Å². The third kappa shape index (κ3) is 3.23. The molecular weight excluding hydrogens is 294 g/mol. The van der Waals surface area contributed by atoms with Gasteiger partial charge in [-0.2, -0.15) is 0 Å². The maximum Gasteiger partial charge on any atom is 0.239 e. The van der Waals surface area contributed by atoms with Crippen LogP contribution in [0.25, 0.3) is 11.1 Å². The van der Waals surface area contributed by atoms with E-state index < -0.39 is 0 Å². The van der Waals surface area contributed by atoms with Crippen LogP contribution in [0.4, 0.5) is 5.95 Å². The van der Waals surface area contributed by atoms with E-state index in [4.69, 9.17) is 15.2 Å². The summed E-state index contributed by atoms with van der Waals surface area (Å²) >= 11 is 0. The van der Waals surface area contributed by atoms with Gasteiger partial charge in [0.1, 0.15) is 12.1 Å². The number of hydrogen-bond acceptors (Lipinski definition) is 6. The zero-order valence-corrected chi connectivity index (χ0v) is 12.9. The smallest absolute Gasteiger partial charge is 0.239 e. The molecule has 2 heterocycles. The fourth-order valence-corrected chi connectivity index (χ4v) is 2.31. The Labute approximate surface area is 133 Å². The Morgan fingerprint density at radius 1 is 1.13 bits per heavy atom. The topological polar surface area (TPSA) is 88.1 Å². The number of benzene rings is 1. The average molecular weight is 311 g/mol. The summed E-state index contributed by atoms with van der Waals surface area (Å²) in [5, 5.41) is 4.08. The predicted octanol–water partition coefficient (Wildman–Crippen LogP) is 1.99. The minimum atomic E-state index is 0.250. The van der Waals surface area contributed by atoms with Crippen molar-refractivity contribution in [3.05, 3.63) is 48.4 Å². The lowest BCUT2D eigenvalue weighted by molar-refractivity contribution is 0.399. The van der Waals surface area contributed by atoms with Crippen molar-refractivity contribution >= 4 is 5.95 Å². The molecule has 0 radical (unpaired) electrons. The van der Waals surface area contributed by atoms with Crippen LogP contribution < -0.4 is 15.2 Å². The van der Waals surface area contributed by atoms with E-state index in [0.717, 1.165) is 22.4 Å². The highest BCUT2D eigenvalue weighted by Crippen LogP contribution is 2.31. The highest BCUT2D eigenvalue weighted by molar-refractivity contribution is 5.70. The molecule has 0 spiro atoms. The Bertz CT molecular complexity index is 816. The van der Waals surface area contributed by atoms with Crippen LogP contribution in [0.5, 0.6) is 11.6 Å². The van der Waals surface area contributed by atoms with Gasteiger partial charge in [-0.1, -0.05) is 12.1 Å². The molecule has 0 fully saturated rings. The number of ether oxygens (including phenoxy) is 2. The van der Waals surface area contributed by atoms with Gasteiger partial charge in [0.25, 0.3) is 0 Å². The molecule has 3 rings (SSSR count). The van der Waals surface area contributed by atoms with Crippen LogP contribution >= 0.6 is 0 Å². The lowest BCUT2D eigenvalue weighted by Crippen LogP contribution is -2.03. The second-order valence-electron chi connectivity index (χ2n) is 4.93. The highest BCUT2D eigenvalue weighted by atomic mass is 16.5. The van der Waals surface area contributed by atoms with E-state index in [1.54, 1.807) is 31.4 Å². The molecule has 2 aromatic heterocycles. The summed E-state index contributed by atoms with van der Waals surface area (Å²) in [6.45, 7) is 0.526. The molecule has 0 aliphatic heterocycles. The molecule has 118 valence electrons. The lowest BCUT2D eigenvalue weighted by Gasteiger charge is -2.11. The SMILES string of the molecule is COc1cccc(-c2cc(Cn3cnc(N)n3)cnc2OC)c1. The Kier molecular flexibility index (Phi) is 4.09. The van der Waals surface area contributed by atoms with Gasteiger partial charge in [0.2, 0.25) is 11.8 Å². The summed E-state index contributed by atoms with van der Waals surface area (Å²) in [4.78, 5) is 8.29. The van der Waals surface area contributed by atoms with Gasteiger partial charge in [-0.3, -0.25) is 0 Å². The van der Waals surface area contributed by atoms with Gasteiger partial charge in [-0.15, -0.1) is 5.10 Å². The maximum absolute atomic E-state index is 5.54. The summed E-state index contributed by atoms with van der Waals surface area (Å²) in [6, 6.07) is 9.76. The van der Waals surface area contributed by atoms with E-state index in [0.29, 0.717) is 12.4 Å². The van der Waals surface area contributed by atoms with Crippen LogP contribution in [0.1, 0.15) is 5.56 Å². The van der Waals surface area contributed by atoms with Crippen molar-refractivity contribution in [3.8, 4) is 22.8 Å². The van der Waals surface area contributed by atoms with Gasteiger partial charge < -0.3 is 15.2 Å². The van der Waals surface area contributed by atoms with Crippen LogP contribution in [0.3, 0.4) is 0 Å². The van der Waals surface area contributed by atoms with Gasteiger partial charge >= 0.3 is 0 Å². The molecule has 0 amide bonds. The minimum Gasteiger partial charge on any atom is -0.497 e. The van der Waals surface area contributed by atoms with Gasteiger partial charge in [0, 0.05) is 11.8 Å². The third-order valence-electron chi connectivity index (χ3n) is 3.38. The number of pyridine rings is 1. The number of rotatable bonds is 5. The molecule has 7 heteroatoms. The number of nitrogens with two attached hydrogens (primary N) is 1. The van der Waals surface area contributed by atoms with Gasteiger partial charge in [-0.05, 0) is 29.3 Å². The summed E-state index contributed by atoms with van der Waals surface area (Å²) in [5.74, 6) is 1.58. The van der Waals surface area contributed by atoms with E-state index in [2.05, 4.69) is 15.1 Å². The van der Waals surface area contributed by atoms with Crippen molar-refractivity contribution in [2.45, 2.75) is 6.54 Å². The first-order chi connectivity index (χ1) is 11.2.